The summed E-state index contributed by atoms with van der Waals surface area (Å²) in [5, 5.41) is 23.0. The Kier molecular flexibility index (Phi) is 8.46. The van der Waals surface area contributed by atoms with Crippen molar-refractivity contribution in [2.45, 2.75) is 51.9 Å². The monoisotopic (exact) mass is 566 g/mol. The minimum absolute atomic E-state index is 0.307. The standard InChI is InChI=1S/C30H31ClN2O7/c1-30(2,3)16-33-23-12-11-18(31)13-21(23)27(20-10-6-8-17-7-4-5-9-19(17)20)40-24(28(33)37)15-25(34)32-22(29(38)39)14-26(35)36/h4-13,22,24,27H,14-16H2,1-3H3,(H,32,34)(H,35,36)(H,38,39). The predicted molar refractivity (Wildman–Crippen MR) is 150 cm³/mol. The lowest BCUT2D eigenvalue weighted by molar-refractivity contribution is -0.148. The molecule has 4 rings (SSSR count). The zero-order chi connectivity index (χ0) is 29.2. The molecule has 0 bridgehead atoms. The fourth-order valence-electron chi connectivity index (χ4n) is 4.86. The molecule has 3 aromatic rings. The van der Waals surface area contributed by atoms with Gasteiger partial charge in [0.25, 0.3) is 5.91 Å². The highest BCUT2D eigenvalue weighted by atomic mass is 35.5. The number of nitrogens with one attached hydrogen (secondary N) is 1. The van der Waals surface area contributed by atoms with Crippen LogP contribution in [0.3, 0.4) is 0 Å². The first-order chi connectivity index (χ1) is 18.8. The van der Waals surface area contributed by atoms with Crippen LogP contribution >= 0.6 is 11.6 Å². The largest absolute Gasteiger partial charge is 0.481 e. The van der Waals surface area contributed by atoms with Crippen molar-refractivity contribution in [2.75, 3.05) is 11.4 Å². The number of carboxylic acid groups (broad SMARTS) is 2. The number of ether oxygens (including phenoxy) is 1. The van der Waals surface area contributed by atoms with E-state index in [4.69, 9.17) is 21.4 Å². The van der Waals surface area contributed by atoms with Gasteiger partial charge in [-0.2, -0.15) is 0 Å². The highest BCUT2D eigenvalue weighted by Crippen LogP contribution is 2.42. The van der Waals surface area contributed by atoms with E-state index in [-0.39, 0.29) is 5.41 Å². The second-order valence-corrected chi connectivity index (χ2v) is 11.5. The molecule has 0 radical (unpaired) electrons. The summed E-state index contributed by atoms with van der Waals surface area (Å²) in [5.41, 5.74) is 1.69. The van der Waals surface area contributed by atoms with Crippen LogP contribution in [0.25, 0.3) is 10.8 Å². The average molecular weight is 567 g/mol. The molecule has 1 aliphatic heterocycles. The Balaban J connectivity index is 1.81. The fraction of sp³-hybridized carbons (Fsp3) is 0.333. The van der Waals surface area contributed by atoms with Crippen molar-refractivity contribution in [3.8, 4) is 0 Å². The van der Waals surface area contributed by atoms with Crippen LogP contribution in [0.2, 0.25) is 5.02 Å². The molecule has 2 amide bonds. The smallest absolute Gasteiger partial charge is 0.326 e. The van der Waals surface area contributed by atoms with Gasteiger partial charge in [-0.05, 0) is 39.9 Å². The van der Waals surface area contributed by atoms with Gasteiger partial charge in [0.2, 0.25) is 5.91 Å². The Morgan fingerprint density at radius 1 is 1.02 bits per heavy atom. The number of anilines is 1. The fourth-order valence-corrected chi connectivity index (χ4v) is 5.04. The zero-order valence-electron chi connectivity index (χ0n) is 22.4. The maximum absolute atomic E-state index is 14.0. The van der Waals surface area contributed by atoms with E-state index in [0.717, 1.165) is 16.3 Å². The number of hydrogen-bond donors (Lipinski definition) is 3. The quantitative estimate of drug-likeness (QED) is 0.357. The molecule has 9 nitrogen and oxygen atoms in total. The van der Waals surface area contributed by atoms with Gasteiger partial charge in [-0.3, -0.25) is 14.4 Å². The number of hydrogen-bond acceptors (Lipinski definition) is 5. The Bertz CT molecular complexity index is 1460. The molecule has 3 unspecified atom stereocenters. The first-order valence-electron chi connectivity index (χ1n) is 12.8. The van der Waals surface area contributed by atoms with Gasteiger partial charge in [-0.25, -0.2) is 4.79 Å². The number of amides is 2. The summed E-state index contributed by atoms with van der Waals surface area (Å²) in [6.07, 6.45) is -3.40. The molecule has 1 heterocycles. The van der Waals surface area contributed by atoms with Crippen LogP contribution in [0.5, 0.6) is 0 Å². The minimum atomic E-state index is -1.65. The molecule has 0 fully saturated rings. The van der Waals surface area contributed by atoms with Crippen molar-refractivity contribution in [2.24, 2.45) is 5.41 Å². The van der Waals surface area contributed by atoms with Crippen LogP contribution < -0.4 is 10.2 Å². The van der Waals surface area contributed by atoms with Crippen molar-refractivity contribution >= 4 is 51.8 Å². The molecule has 10 heteroatoms. The molecular weight excluding hydrogens is 536 g/mol. The molecule has 40 heavy (non-hydrogen) atoms. The average Bonchev–Trinajstić information content (AvgIpc) is 2.97. The van der Waals surface area contributed by atoms with E-state index < -0.39 is 54.8 Å². The van der Waals surface area contributed by atoms with E-state index in [1.165, 1.54) is 0 Å². The normalized spacial score (nSPS) is 18.1. The highest BCUT2D eigenvalue weighted by Gasteiger charge is 2.40. The molecule has 0 aromatic heterocycles. The van der Waals surface area contributed by atoms with E-state index in [0.29, 0.717) is 22.8 Å². The van der Waals surface area contributed by atoms with Gasteiger partial charge >= 0.3 is 11.9 Å². The topological polar surface area (TPSA) is 133 Å². The SMILES string of the molecule is CC(C)(C)CN1C(=O)C(CC(=O)NC(CC(=O)O)C(=O)O)OC(c2cccc3ccccc23)c2cc(Cl)ccc21. The number of nitrogens with zero attached hydrogens (tertiary/aromatic N) is 1. The molecule has 210 valence electrons. The predicted octanol–water partition coefficient (Wildman–Crippen LogP) is 4.79. The summed E-state index contributed by atoms with van der Waals surface area (Å²) >= 11 is 6.44. The molecule has 1 aliphatic rings. The lowest BCUT2D eigenvalue weighted by Crippen LogP contribution is -2.47. The molecule has 3 aromatic carbocycles. The highest BCUT2D eigenvalue weighted by molar-refractivity contribution is 6.30. The van der Waals surface area contributed by atoms with E-state index >= 15 is 0 Å². The van der Waals surface area contributed by atoms with Crippen LogP contribution in [0.4, 0.5) is 5.69 Å². The van der Waals surface area contributed by atoms with Gasteiger partial charge in [0.15, 0.2) is 0 Å². The molecular formula is C30H31ClN2O7. The number of benzene rings is 3. The number of fused-ring (bicyclic) bond motifs is 2. The molecule has 0 saturated carbocycles. The number of carbonyl (C=O) groups is 4. The van der Waals surface area contributed by atoms with Gasteiger partial charge < -0.3 is 25.2 Å². The summed E-state index contributed by atoms with van der Waals surface area (Å²) in [6.45, 7) is 6.25. The molecule has 0 saturated heterocycles. The molecule has 0 spiro atoms. The Morgan fingerprint density at radius 2 is 1.73 bits per heavy atom. The van der Waals surface area contributed by atoms with Crippen molar-refractivity contribution < 1.29 is 34.1 Å². The van der Waals surface area contributed by atoms with Crippen molar-refractivity contribution in [3.63, 3.8) is 0 Å². The van der Waals surface area contributed by atoms with Crippen molar-refractivity contribution in [1.29, 1.82) is 0 Å². The Hall–Kier alpha value is -3.95. The lowest BCUT2D eigenvalue weighted by atomic mass is 9.93. The van der Waals surface area contributed by atoms with E-state index in [2.05, 4.69) is 5.32 Å². The third kappa shape index (κ3) is 6.60. The summed E-state index contributed by atoms with van der Waals surface area (Å²) in [5.74, 6) is -4.16. The van der Waals surface area contributed by atoms with E-state index in [1.807, 2.05) is 63.2 Å². The Morgan fingerprint density at radius 3 is 2.40 bits per heavy atom. The van der Waals surface area contributed by atoms with Crippen LogP contribution in [0.1, 0.15) is 50.8 Å². The first-order valence-corrected chi connectivity index (χ1v) is 13.2. The first kappa shape index (κ1) is 29.0. The zero-order valence-corrected chi connectivity index (χ0v) is 23.1. The third-order valence-electron chi connectivity index (χ3n) is 6.53. The van der Waals surface area contributed by atoms with Gasteiger partial charge in [0, 0.05) is 22.8 Å². The summed E-state index contributed by atoms with van der Waals surface area (Å²) < 4.78 is 6.46. The second kappa shape index (κ2) is 11.7. The second-order valence-electron chi connectivity index (χ2n) is 11.0. The van der Waals surface area contributed by atoms with Gasteiger partial charge in [-0.15, -0.1) is 0 Å². The van der Waals surface area contributed by atoms with Crippen LogP contribution in [-0.4, -0.2) is 52.7 Å². The molecule has 3 N–H and O–H groups in total. The van der Waals surface area contributed by atoms with Crippen molar-refractivity contribution in [1.82, 2.24) is 5.32 Å². The summed E-state index contributed by atoms with van der Waals surface area (Å²) in [4.78, 5) is 51.3. The number of aliphatic carboxylic acids is 2. The van der Waals surface area contributed by atoms with Crippen LogP contribution in [0.15, 0.2) is 60.7 Å². The number of halogens is 1. The Labute approximate surface area is 236 Å². The van der Waals surface area contributed by atoms with Gasteiger partial charge in [-0.1, -0.05) is 74.8 Å². The third-order valence-corrected chi connectivity index (χ3v) is 6.76. The lowest BCUT2D eigenvalue weighted by Gasteiger charge is -2.31. The van der Waals surface area contributed by atoms with Gasteiger partial charge in [0.05, 0.1) is 12.8 Å². The minimum Gasteiger partial charge on any atom is -0.481 e. The van der Waals surface area contributed by atoms with Crippen LogP contribution in [0, 0.1) is 5.41 Å². The summed E-state index contributed by atoms with van der Waals surface area (Å²) in [6, 6.07) is 17.0. The maximum atomic E-state index is 14.0. The number of rotatable bonds is 8. The number of carbonyl (C=O) groups excluding carboxylic acids is 2. The summed E-state index contributed by atoms with van der Waals surface area (Å²) in [7, 11) is 0. The number of carboxylic acids is 2. The molecule has 3 atom stereocenters. The van der Waals surface area contributed by atoms with Gasteiger partial charge in [0.1, 0.15) is 18.2 Å². The van der Waals surface area contributed by atoms with E-state index in [1.54, 1.807) is 23.1 Å². The maximum Gasteiger partial charge on any atom is 0.326 e. The molecule has 0 aliphatic carbocycles. The van der Waals surface area contributed by atoms with Crippen molar-refractivity contribution in [3.05, 3.63) is 76.8 Å². The van der Waals surface area contributed by atoms with E-state index in [9.17, 15) is 24.3 Å². The van der Waals surface area contributed by atoms with Crippen LogP contribution in [-0.2, 0) is 23.9 Å².